The average molecular weight is 255 g/mol. The number of allylic oxidation sites excluding steroid dienone is 2. The lowest BCUT2D eigenvalue weighted by Crippen LogP contribution is -2.41. The molecule has 1 heterocycles. The van der Waals surface area contributed by atoms with Gasteiger partial charge in [0.1, 0.15) is 0 Å². The molecule has 0 radical (unpaired) electrons. The van der Waals surface area contributed by atoms with Gasteiger partial charge in [-0.25, -0.2) is 0 Å². The van der Waals surface area contributed by atoms with Crippen LogP contribution in [-0.2, 0) is 9.53 Å². The van der Waals surface area contributed by atoms with Crippen LogP contribution in [0.1, 0.15) is 19.8 Å². The van der Waals surface area contributed by atoms with Crippen LogP contribution in [0.4, 0.5) is 0 Å². The fraction of sp³-hybridized carbons (Fsp3) is 0.615. The molecule has 1 rings (SSSR count). The van der Waals surface area contributed by atoms with Crippen molar-refractivity contribution in [2.24, 2.45) is 5.41 Å². The molecule has 3 nitrogen and oxygen atoms in total. The van der Waals surface area contributed by atoms with E-state index < -0.39 is 0 Å². The van der Waals surface area contributed by atoms with Gasteiger partial charge in [0.15, 0.2) is 0 Å². The number of carbonyl (C=O) groups excluding carboxylic acids is 1. The summed E-state index contributed by atoms with van der Waals surface area (Å²) in [5.74, 6) is 0.0231. The maximum atomic E-state index is 11.1. The normalized spacial score (nSPS) is 19.8. The number of hydrogen-bond acceptors (Lipinski definition) is 3. The van der Waals surface area contributed by atoms with Crippen LogP contribution in [0, 0.1) is 5.41 Å². The summed E-state index contributed by atoms with van der Waals surface area (Å²) < 4.78 is 5.43. The highest BCUT2D eigenvalue weighted by molar-refractivity contribution is 8.02. The molecule has 1 aliphatic heterocycles. The number of ether oxygens (including phenoxy) is 1. The van der Waals surface area contributed by atoms with Crippen LogP contribution >= 0.6 is 11.8 Å². The zero-order chi connectivity index (χ0) is 12.7. The molecule has 4 heteroatoms. The van der Waals surface area contributed by atoms with E-state index in [0.29, 0.717) is 6.54 Å². The summed E-state index contributed by atoms with van der Waals surface area (Å²) in [6.45, 7) is 7.52. The monoisotopic (exact) mass is 255 g/mol. The van der Waals surface area contributed by atoms with E-state index in [0.717, 1.165) is 26.1 Å². The van der Waals surface area contributed by atoms with E-state index in [2.05, 4.69) is 24.2 Å². The topological polar surface area (TPSA) is 38.3 Å². The van der Waals surface area contributed by atoms with E-state index in [1.807, 2.05) is 6.08 Å². The molecule has 1 fully saturated rings. The predicted molar refractivity (Wildman–Crippen MR) is 73.0 cm³/mol. The lowest BCUT2D eigenvalue weighted by atomic mass is 9.79. The van der Waals surface area contributed by atoms with Gasteiger partial charge >= 0.3 is 0 Å². The first kappa shape index (κ1) is 14.3. The first-order valence-electron chi connectivity index (χ1n) is 5.84. The molecule has 0 bridgehead atoms. The largest absolute Gasteiger partial charge is 0.381 e. The second-order valence-corrected chi connectivity index (χ2v) is 5.12. The Morgan fingerprint density at radius 2 is 2.18 bits per heavy atom. The lowest BCUT2D eigenvalue weighted by Gasteiger charge is -2.38. The zero-order valence-corrected chi connectivity index (χ0v) is 11.4. The Morgan fingerprint density at radius 1 is 1.53 bits per heavy atom. The minimum atomic E-state index is 0.0231. The van der Waals surface area contributed by atoms with Crippen LogP contribution in [0.3, 0.4) is 0 Å². The van der Waals surface area contributed by atoms with Crippen molar-refractivity contribution < 1.29 is 9.53 Å². The summed E-state index contributed by atoms with van der Waals surface area (Å²) in [5, 5.41) is 2.95. The van der Waals surface area contributed by atoms with Crippen molar-refractivity contribution in [2.45, 2.75) is 19.8 Å². The highest BCUT2D eigenvalue weighted by Crippen LogP contribution is 2.42. The number of hydrogen-bond donors (Lipinski definition) is 1. The van der Waals surface area contributed by atoms with Crippen LogP contribution in [-0.4, -0.2) is 31.9 Å². The van der Waals surface area contributed by atoms with E-state index in [9.17, 15) is 4.79 Å². The van der Waals surface area contributed by atoms with Crippen LogP contribution in [0.15, 0.2) is 23.6 Å². The molecule has 1 saturated heterocycles. The van der Waals surface area contributed by atoms with E-state index in [1.165, 1.54) is 4.91 Å². The third-order valence-corrected chi connectivity index (χ3v) is 4.15. The minimum Gasteiger partial charge on any atom is -0.381 e. The van der Waals surface area contributed by atoms with Crippen molar-refractivity contribution in [3.8, 4) is 0 Å². The number of carbonyl (C=O) groups is 1. The van der Waals surface area contributed by atoms with Gasteiger partial charge in [-0.1, -0.05) is 18.7 Å². The summed E-state index contributed by atoms with van der Waals surface area (Å²) in [4.78, 5) is 12.4. The average Bonchev–Trinajstić information content (AvgIpc) is 2.34. The highest BCUT2D eigenvalue weighted by Gasteiger charge is 2.36. The van der Waals surface area contributed by atoms with Crippen LogP contribution in [0.5, 0.6) is 0 Å². The smallest absolute Gasteiger partial charge is 0.216 e. The molecule has 1 N–H and O–H groups in total. The first-order chi connectivity index (χ1) is 8.14. The lowest BCUT2D eigenvalue weighted by molar-refractivity contribution is -0.119. The molecule has 96 valence electrons. The Balaban J connectivity index is 2.86. The Morgan fingerprint density at radius 3 is 2.65 bits per heavy atom. The van der Waals surface area contributed by atoms with Crippen LogP contribution < -0.4 is 5.32 Å². The molecule has 0 atom stereocenters. The van der Waals surface area contributed by atoms with Crippen molar-refractivity contribution in [3.05, 3.63) is 23.6 Å². The van der Waals surface area contributed by atoms with Gasteiger partial charge in [0.2, 0.25) is 5.91 Å². The summed E-state index contributed by atoms with van der Waals surface area (Å²) in [7, 11) is 0. The number of rotatable bonds is 5. The Hall–Kier alpha value is -0.740. The van der Waals surface area contributed by atoms with Gasteiger partial charge in [0, 0.05) is 32.1 Å². The zero-order valence-electron chi connectivity index (χ0n) is 10.6. The van der Waals surface area contributed by atoms with Crippen molar-refractivity contribution in [2.75, 3.05) is 26.0 Å². The van der Waals surface area contributed by atoms with Crippen molar-refractivity contribution in [3.63, 3.8) is 0 Å². The molecular formula is C13H21NO2S. The standard InChI is InChI=1S/C13H21NO2S/c1-4-5-12(17-3)13(10-14-11(2)15)6-8-16-9-7-13/h4-5H,1,6-10H2,2-3H3,(H,14,15)/b12-5-. The quantitative estimate of drug-likeness (QED) is 0.766. The van der Waals surface area contributed by atoms with Crippen LogP contribution in [0.2, 0.25) is 0 Å². The molecule has 0 aromatic heterocycles. The fourth-order valence-electron chi connectivity index (χ4n) is 2.13. The molecule has 0 spiro atoms. The summed E-state index contributed by atoms with van der Waals surface area (Å²) in [6.07, 6.45) is 7.84. The second-order valence-electron chi connectivity index (χ2n) is 4.27. The first-order valence-corrected chi connectivity index (χ1v) is 7.06. The van der Waals surface area contributed by atoms with E-state index in [-0.39, 0.29) is 11.3 Å². The fourth-order valence-corrected chi connectivity index (χ4v) is 3.08. The molecule has 1 amide bonds. The Kier molecular flexibility index (Phi) is 5.78. The third kappa shape index (κ3) is 3.89. The van der Waals surface area contributed by atoms with E-state index in [1.54, 1.807) is 18.7 Å². The minimum absolute atomic E-state index is 0.0231. The molecule has 0 aromatic rings. The van der Waals surface area contributed by atoms with E-state index in [4.69, 9.17) is 4.74 Å². The van der Waals surface area contributed by atoms with Gasteiger partial charge in [-0.2, -0.15) is 0 Å². The van der Waals surface area contributed by atoms with Gasteiger partial charge < -0.3 is 10.1 Å². The Labute approximate surface area is 108 Å². The van der Waals surface area contributed by atoms with Gasteiger partial charge in [-0.3, -0.25) is 4.79 Å². The van der Waals surface area contributed by atoms with E-state index >= 15 is 0 Å². The summed E-state index contributed by atoms with van der Waals surface area (Å²) in [6, 6.07) is 0. The molecule has 0 saturated carbocycles. The Bertz CT molecular complexity index is 307. The molecule has 17 heavy (non-hydrogen) atoms. The SMILES string of the molecule is C=C/C=C(\SC)C1(CNC(C)=O)CCOCC1. The molecule has 0 unspecified atom stereocenters. The maximum Gasteiger partial charge on any atom is 0.216 e. The second kappa shape index (κ2) is 6.87. The maximum absolute atomic E-state index is 11.1. The third-order valence-electron chi connectivity index (χ3n) is 3.14. The molecule has 1 aliphatic rings. The summed E-state index contributed by atoms with van der Waals surface area (Å²) in [5.41, 5.74) is 0.0253. The van der Waals surface area contributed by atoms with Gasteiger partial charge in [0.25, 0.3) is 0 Å². The van der Waals surface area contributed by atoms with Gasteiger partial charge in [-0.15, -0.1) is 11.8 Å². The number of nitrogens with one attached hydrogen (secondary N) is 1. The van der Waals surface area contributed by atoms with Crippen molar-refractivity contribution in [1.82, 2.24) is 5.32 Å². The number of amides is 1. The van der Waals surface area contributed by atoms with Gasteiger partial charge in [0.05, 0.1) is 0 Å². The van der Waals surface area contributed by atoms with Gasteiger partial charge in [-0.05, 0) is 24.0 Å². The highest BCUT2D eigenvalue weighted by atomic mass is 32.2. The van der Waals surface area contributed by atoms with Crippen molar-refractivity contribution in [1.29, 1.82) is 0 Å². The predicted octanol–water partition coefficient (Wildman–Crippen LogP) is 2.35. The molecule has 0 aliphatic carbocycles. The van der Waals surface area contributed by atoms with Crippen LogP contribution in [0.25, 0.3) is 0 Å². The molecular weight excluding hydrogens is 234 g/mol. The van der Waals surface area contributed by atoms with Crippen molar-refractivity contribution >= 4 is 17.7 Å². The summed E-state index contributed by atoms with van der Waals surface area (Å²) >= 11 is 1.73. The molecule has 0 aromatic carbocycles. The number of thioether (sulfide) groups is 1.